The minimum Gasteiger partial charge on any atom is -0.396 e. The van der Waals surface area contributed by atoms with Crippen LogP contribution in [0, 0.1) is 22.0 Å². The van der Waals surface area contributed by atoms with Crippen LogP contribution in [-0.4, -0.2) is 22.0 Å². The van der Waals surface area contributed by atoms with Crippen LogP contribution in [0.25, 0.3) is 0 Å². The van der Waals surface area contributed by atoms with Crippen molar-refractivity contribution in [2.75, 3.05) is 6.61 Å². The summed E-state index contributed by atoms with van der Waals surface area (Å²) in [6, 6.07) is 0. The molecule has 13 heavy (non-hydrogen) atoms. The molecule has 0 heterocycles. The van der Waals surface area contributed by atoms with E-state index in [2.05, 4.69) is 20.8 Å². The molecule has 5 nitrogen and oxygen atoms in total. The Kier molecular flexibility index (Phi) is 10.4. The van der Waals surface area contributed by atoms with Gasteiger partial charge in [0.15, 0.2) is 0 Å². The summed E-state index contributed by atoms with van der Waals surface area (Å²) in [4.78, 5) is 8.36. The minimum atomic E-state index is -1.50. The number of aliphatic hydroxyl groups excluding tert-OH is 1. The maximum absolute atomic E-state index is 8.77. The second-order valence-corrected chi connectivity index (χ2v) is 3.32. The number of rotatable bonds is 4. The maximum atomic E-state index is 8.77. The van der Waals surface area contributed by atoms with E-state index < -0.39 is 5.09 Å². The quantitative estimate of drug-likeness (QED) is 0.525. The van der Waals surface area contributed by atoms with Crippen LogP contribution in [0.4, 0.5) is 0 Å². The Bertz CT molecular complexity index is 119. The SMILES string of the molecule is CCC(CO)CC(C)C.O=[N+]([O-])O. The summed E-state index contributed by atoms with van der Waals surface area (Å²) in [6.07, 6.45) is 2.27. The van der Waals surface area contributed by atoms with Gasteiger partial charge in [0.1, 0.15) is 0 Å². The number of hydrogen-bond acceptors (Lipinski definition) is 3. The van der Waals surface area contributed by atoms with Crippen molar-refractivity contribution in [2.24, 2.45) is 11.8 Å². The van der Waals surface area contributed by atoms with Crippen molar-refractivity contribution in [3.05, 3.63) is 10.1 Å². The Morgan fingerprint density at radius 1 is 1.46 bits per heavy atom. The highest BCUT2D eigenvalue weighted by Crippen LogP contribution is 2.13. The third-order valence-electron chi connectivity index (χ3n) is 1.64. The van der Waals surface area contributed by atoms with Gasteiger partial charge in [0.25, 0.3) is 5.09 Å². The Morgan fingerprint density at radius 2 is 1.85 bits per heavy atom. The summed E-state index contributed by atoms with van der Waals surface area (Å²) in [7, 11) is 0. The van der Waals surface area contributed by atoms with Gasteiger partial charge in [-0.1, -0.05) is 27.2 Å². The lowest BCUT2D eigenvalue weighted by Crippen LogP contribution is -2.07. The van der Waals surface area contributed by atoms with Gasteiger partial charge >= 0.3 is 0 Å². The number of hydrogen-bond donors (Lipinski definition) is 2. The Balaban J connectivity index is 0. The molecular formula is C8H19NO4. The summed E-state index contributed by atoms with van der Waals surface area (Å²) in [5.74, 6) is 1.26. The average Bonchev–Trinajstić information content (AvgIpc) is 1.98. The van der Waals surface area contributed by atoms with Gasteiger partial charge in [0.05, 0.1) is 0 Å². The second kappa shape index (κ2) is 9.25. The van der Waals surface area contributed by atoms with Gasteiger partial charge in [-0.3, -0.25) is 0 Å². The van der Waals surface area contributed by atoms with E-state index in [-0.39, 0.29) is 0 Å². The highest BCUT2D eigenvalue weighted by molar-refractivity contribution is 4.56. The minimum absolute atomic E-state index is 0.356. The third kappa shape index (κ3) is 18.3. The monoisotopic (exact) mass is 193 g/mol. The molecule has 0 aliphatic rings. The standard InChI is InChI=1S/C8H18O.HNO3/c1-4-8(6-9)5-7(2)3;2-1(3)4/h7-9H,4-6H2,1-3H3;(H,2,3,4). The molecule has 1 unspecified atom stereocenters. The highest BCUT2D eigenvalue weighted by atomic mass is 16.9. The first-order valence-electron chi connectivity index (χ1n) is 4.38. The van der Waals surface area contributed by atoms with E-state index in [1.165, 1.54) is 0 Å². The van der Waals surface area contributed by atoms with Crippen molar-refractivity contribution in [3.8, 4) is 0 Å². The molecule has 0 fully saturated rings. The van der Waals surface area contributed by atoms with Crippen LogP contribution in [0.5, 0.6) is 0 Å². The normalized spacial score (nSPS) is 11.8. The zero-order chi connectivity index (χ0) is 10.9. The van der Waals surface area contributed by atoms with E-state index in [9.17, 15) is 0 Å². The smallest absolute Gasteiger partial charge is 0.291 e. The molecule has 5 heteroatoms. The van der Waals surface area contributed by atoms with Crippen LogP contribution >= 0.6 is 0 Å². The van der Waals surface area contributed by atoms with E-state index in [4.69, 9.17) is 20.4 Å². The molecule has 0 rings (SSSR count). The molecule has 0 spiro atoms. The largest absolute Gasteiger partial charge is 0.396 e. The molecule has 0 aliphatic heterocycles. The van der Waals surface area contributed by atoms with Crippen molar-refractivity contribution >= 4 is 0 Å². The van der Waals surface area contributed by atoms with Crippen LogP contribution in [-0.2, 0) is 0 Å². The Labute approximate surface area is 78.5 Å². The van der Waals surface area contributed by atoms with Gasteiger partial charge in [-0.05, 0) is 18.3 Å². The van der Waals surface area contributed by atoms with Crippen LogP contribution in [0.15, 0.2) is 0 Å². The molecule has 0 bridgehead atoms. The molecule has 1 atom stereocenters. The Hall–Kier alpha value is -0.840. The van der Waals surface area contributed by atoms with Gasteiger partial charge < -0.3 is 10.3 Å². The van der Waals surface area contributed by atoms with E-state index in [0.717, 1.165) is 18.8 Å². The fourth-order valence-corrected chi connectivity index (χ4v) is 1.04. The first-order valence-corrected chi connectivity index (χ1v) is 4.38. The Morgan fingerprint density at radius 3 is 1.92 bits per heavy atom. The molecule has 0 amide bonds. The first-order chi connectivity index (χ1) is 5.93. The van der Waals surface area contributed by atoms with Crippen molar-refractivity contribution in [3.63, 3.8) is 0 Å². The summed E-state index contributed by atoms with van der Waals surface area (Å²) in [5.41, 5.74) is 0. The molecule has 0 saturated carbocycles. The molecule has 2 N–H and O–H groups in total. The molecule has 0 aromatic carbocycles. The number of nitrogens with zero attached hydrogens (tertiary/aromatic N) is 1. The highest BCUT2D eigenvalue weighted by Gasteiger charge is 2.05. The zero-order valence-corrected chi connectivity index (χ0v) is 8.43. The molecule has 0 radical (unpaired) electrons. The van der Waals surface area contributed by atoms with Crippen molar-refractivity contribution < 1.29 is 15.4 Å². The number of aliphatic hydroxyl groups is 1. The van der Waals surface area contributed by atoms with Crippen LogP contribution in [0.1, 0.15) is 33.6 Å². The summed E-state index contributed by atoms with van der Waals surface area (Å²) in [6.45, 7) is 6.87. The predicted molar refractivity (Wildman–Crippen MR) is 49.1 cm³/mol. The lowest BCUT2D eigenvalue weighted by molar-refractivity contribution is -0.742. The van der Waals surface area contributed by atoms with Crippen molar-refractivity contribution in [1.82, 2.24) is 0 Å². The van der Waals surface area contributed by atoms with Crippen molar-refractivity contribution in [1.29, 1.82) is 0 Å². The van der Waals surface area contributed by atoms with Crippen LogP contribution < -0.4 is 0 Å². The zero-order valence-electron chi connectivity index (χ0n) is 8.43. The van der Waals surface area contributed by atoms with Gasteiger partial charge in [-0.15, -0.1) is 10.1 Å². The maximum Gasteiger partial charge on any atom is 0.291 e. The summed E-state index contributed by atoms with van der Waals surface area (Å²) >= 11 is 0. The lowest BCUT2D eigenvalue weighted by Gasteiger charge is -2.12. The predicted octanol–water partition coefficient (Wildman–Crippen LogP) is 1.70. The molecule has 0 aliphatic carbocycles. The summed E-state index contributed by atoms with van der Waals surface area (Å²) < 4.78 is 0. The topological polar surface area (TPSA) is 83.6 Å². The molecule has 0 saturated heterocycles. The van der Waals surface area contributed by atoms with Crippen LogP contribution in [0.2, 0.25) is 0 Å². The van der Waals surface area contributed by atoms with E-state index in [1.807, 2.05) is 0 Å². The molecule has 0 aromatic rings. The van der Waals surface area contributed by atoms with E-state index >= 15 is 0 Å². The van der Waals surface area contributed by atoms with Gasteiger partial charge in [0.2, 0.25) is 0 Å². The second-order valence-electron chi connectivity index (χ2n) is 3.32. The third-order valence-corrected chi connectivity index (χ3v) is 1.64. The first kappa shape index (κ1) is 14.7. The van der Waals surface area contributed by atoms with E-state index in [1.54, 1.807) is 0 Å². The van der Waals surface area contributed by atoms with Crippen molar-refractivity contribution in [2.45, 2.75) is 33.6 Å². The van der Waals surface area contributed by atoms with Gasteiger partial charge in [-0.2, -0.15) is 0 Å². The van der Waals surface area contributed by atoms with Gasteiger partial charge in [-0.25, -0.2) is 0 Å². The average molecular weight is 193 g/mol. The molecular weight excluding hydrogens is 174 g/mol. The molecule has 80 valence electrons. The lowest BCUT2D eigenvalue weighted by atomic mass is 9.96. The fraction of sp³-hybridized carbons (Fsp3) is 1.00. The molecule has 0 aromatic heterocycles. The van der Waals surface area contributed by atoms with E-state index in [0.29, 0.717) is 12.5 Å². The fourth-order valence-electron chi connectivity index (χ4n) is 1.04. The van der Waals surface area contributed by atoms with Crippen LogP contribution in [0.3, 0.4) is 0 Å². The summed E-state index contributed by atoms with van der Waals surface area (Å²) in [5, 5.41) is 22.4. The van der Waals surface area contributed by atoms with Gasteiger partial charge in [0, 0.05) is 6.61 Å².